The van der Waals surface area contributed by atoms with Gasteiger partial charge in [-0.2, -0.15) is 0 Å². The van der Waals surface area contributed by atoms with E-state index in [1.54, 1.807) is 18.2 Å². The Hall–Kier alpha value is -1.43. The van der Waals surface area contributed by atoms with Crippen LogP contribution in [-0.2, 0) is 0 Å². The van der Waals surface area contributed by atoms with Crippen molar-refractivity contribution in [2.75, 3.05) is 11.9 Å². The number of nitrogens with one attached hydrogen (secondary N) is 1. The van der Waals surface area contributed by atoms with Crippen molar-refractivity contribution in [3.8, 4) is 0 Å². The van der Waals surface area contributed by atoms with E-state index < -0.39 is 0 Å². The van der Waals surface area contributed by atoms with Gasteiger partial charge in [0, 0.05) is 15.1 Å². The molecule has 0 amide bonds. The number of ketones is 1. The number of hydrogen-bond acceptors (Lipinski definition) is 4. The zero-order valence-electron chi connectivity index (χ0n) is 10.8. The third kappa shape index (κ3) is 3.43. The molecule has 0 radical (unpaired) electrons. The summed E-state index contributed by atoms with van der Waals surface area (Å²) >= 11 is 10.8. The molecule has 3 aromatic rings. The average Bonchev–Trinajstić information content (AvgIpc) is 2.87. The Kier molecular flexibility index (Phi) is 4.24. The summed E-state index contributed by atoms with van der Waals surface area (Å²) in [6, 6.07) is 12.9. The first-order valence-corrected chi connectivity index (χ1v) is 8.19. The van der Waals surface area contributed by atoms with Gasteiger partial charge in [0.25, 0.3) is 0 Å². The third-order valence-electron chi connectivity index (χ3n) is 2.92. The van der Waals surface area contributed by atoms with Crippen molar-refractivity contribution in [3.05, 3.63) is 57.5 Å². The van der Waals surface area contributed by atoms with Gasteiger partial charge in [-0.15, -0.1) is 0 Å². The summed E-state index contributed by atoms with van der Waals surface area (Å²) in [7, 11) is 0. The highest BCUT2D eigenvalue weighted by Gasteiger charge is 2.08. The van der Waals surface area contributed by atoms with Crippen LogP contribution in [0.15, 0.2) is 46.9 Å². The maximum absolute atomic E-state index is 12.1. The molecule has 0 spiro atoms. The molecular formula is C15H10BrClN2OS. The van der Waals surface area contributed by atoms with Gasteiger partial charge in [0.1, 0.15) is 0 Å². The SMILES string of the molecule is O=C(CNc1nc2ccc(Cl)cc2s1)c1ccc(Br)cc1. The quantitative estimate of drug-likeness (QED) is 0.646. The predicted molar refractivity (Wildman–Crippen MR) is 91.6 cm³/mol. The van der Waals surface area contributed by atoms with Crippen LogP contribution in [0.5, 0.6) is 0 Å². The summed E-state index contributed by atoms with van der Waals surface area (Å²) in [5.41, 5.74) is 1.55. The van der Waals surface area contributed by atoms with Crippen molar-refractivity contribution < 1.29 is 4.79 Å². The molecule has 0 saturated carbocycles. The third-order valence-corrected chi connectivity index (χ3v) is 4.66. The lowest BCUT2D eigenvalue weighted by Crippen LogP contribution is -2.13. The number of fused-ring (bicyclic) bond motifs is 1. The molecule has 0 aliphatic rings. The molecule has 0 atom stereocenters. The van der Waals surface area contributed by atoms with E-state index in [1.165, 1.54) is 11.3 Å². The molecule has 0 bridgehead atoms. The van der Waals surface area contributed by atoms with Crippen LogP contribution < -0.4 is 5.32 Å². The van der Waals surface area contributed by atoms with E-state index in [4.69, 9.17) is 11.6 Å². The Morgan fingerprint density at radius 1 is 1.24 bits per heavy atom. The van der Waals surface area contributed by atoms with Crippen LogP contribution >= 0.6 is 38.9 Å². The van der Waals surface area contributed by atoms with Gasteiger partial charge in [-0.3, -0.25) is 4.79 Å². The second kappa shape index (κ2) is 6.13. The summed E-state index contributed by atoms with van der Waals surface area (Å²) in [5.74, 6) is 0.0276. The monoisotopic (exact) mass is 380 g/mol. The van der Waals surface area contributed by atoms with Crippen LogP contribution in [0.25, 0.3) is 10.2 Å². The first-order valence-electron chi connectivity index (χ1n) is 6.20. The Bertz CT molecular complexity index is 801. The second-order valence-electron chi connectivity index (χ2n) is 4.41. The number of benzene rings is 2. The topological polar surface area (TPSA) is 42.0 Å². The molecule has 0 aliphatic carbocycles. The molecule has 0 saturated heterocycles. The zero-order valence-corrected chi connectivity index (χ0v) is 13.9. The number of anilines is 1. The highest BCUT2D eigenvalue weighted by atomic mass is 79.9. The van der Waals surface area contributed by atoms with E-state index in [2.05, 4.69) is 26.2 Å². The van der Waals surface area contributed by atoms with Crippen LogP contribution in [0.2, 0.25) is 5.02 Å². The minimum absolute atomic E-state index is 0.0276. The highest BCUT2D eigenvalue weighted by molar-refractivity contribution is 9.10. The van der Waals surface area contributed by atoms with Crippen molar-refractivity contribution in [1.29, 1.82) is 0 Å². The van der Waals surface area contributed by atoms with E-state index >= 15 is 0 Å². The van der Waals surface area contributed by atoms with E-state index in [1.807, 2.05) is 24.3 Å². The standard InChI is InChI=1S/C15H10BrClN2OS/c16-10-3-1-9(2-4-10)13(20)8-18-15-19-12-6-5-11(17)7-14(12)21-15/h1-7H,8H2,(H,18,19). The summed E-state index contributed by atoms with van der Waals surface area (Å²) in [6.45, 7) is 0.217. The lowest BCUT2D eigenvalue weighted by Gasteiger charge is -2.02. The highest BCUT2D eigenvalue weighted by Crippen LogP contribution is 2.28. The van der Waals surface area contributed by atoms with Crippen molar-refractivity contribution in [1.82, 2.24) is 4.98 Å². The Balaban J connectivity index is 1.71. The maximum atomic E-state index is 12.1. The van der Waals surface area contributed by atoms with E-state index in [0.717, 1.165) is 19.8 Å². The Morgan fingerprint density at radius 3 is 2.76 bits per heavy atom. The number of nitrogens with zero attached hydrogens (tertiary/aromatic N) is 1. The predicted octanol–water partition coefficient (Wildman–Crippen LogP) is 5.01. The molecule has 2 aromatic carbocycles. The molecule has 1 aromatic heterocycles. The minimum atomic E-state index is 0.0276. The number of hydrogen-bond donors (Lipinski definition) is 1. The van der Waals surface area contributed by atoms with Crippen molar-refractivity contribution >= 4 is 60.0 Å². The average molecular weight is 382 g/mol. The molecule has 0 unspecified atom stereocenters. The van der Waals surface area contributed by atoms with E-state index in [9.17, 15) is 4.79 Å². The number of aromatic nitrogens is 1. The first-order chi connectivity index (χ1) is 10.1. The van der Waals surface area contributed by atoms with Crippen LogP contribution in [0.4, 0.5) is 5.13 Å². The first kappa shape index (κ1) is 14.5. The lowest BCUT2D eigenvalue weighted by molar-refractivity contribution is 0.101. The van der Waals surface area contributed by atoms with Gasteiger partial charge < -0.3 is 5.32 Å². The molecule has 3 nitrogen and oxygen atoms in total. The molecule has 21 heavy (non-hydrogen) atoms. The molecule has 6 heteroatoms. The fraction of sp³-hybridized carbons (Fsp3) is 0.0667. The fourth-order valence-electron chi connectivity index (χ4n) is 1.87. The number of thiazole rings is 1. The van der Waals surface area contributed by atoms with Gasteiger partial charge in [-0.25, -0.2) is 4.98 Å². The Labute approximate surface area is 139 Å². The maximum Gasteiger partial charge on any atom is 0.184 e. The number of carbonyl (C=O) groups is 1. The van der Waals surface area contributed by atoms with Crippen molar-refractivity contribution in [2.45, 2.75) is 0 Å². The molecular weight excluding hydrogens is 372 g/mol. The summed E-state index contributed by atoms with van der Waals surface area (Å²) in [6.07, 6.45) is 0. The number of carbonyl (C=O) groups excluding carboxylic acids is 1. The van der Waals surface area contributed by atoms with Crippen LogP contribution in [0, 0.1) is 0 Å². The van der Waals surface area contributed by atoms with Gasteiger partial charge in [-0.05, 0) is 30.3 Å². The number of Topliss-reactive ketones (excluding diaryl/α,β-unsaturated/α-hetero) is 1. The van der Waals surface area contributed by atoms with E-state index in [-0.39, 0.29) is 12.3 Å². The molecule has 3 rings (SSSR count). The van der Waals surface area contributed by atoms with Crippen LogP contribution in [0.1, 0.15) is 10.4 Å². The van der Waals surface area contributed by atoms with Gasteiger partial charge in [0.15, 0.2) is 10.9 Å². The van der Waals surface area contributed by atoms with Gasteiger partial charge in [0.05, 0.1) is 16.8 Å². The van der Waals surface area contributed by atoms with E-state index in [0.29, 0.717) is 10.6 Å². The molecule has 106 valence electrons. The smallest absolute Gasteiger partial charge is 0.184 e. The zero-order chi connectivity index (χ0) is 14.8. The lowest BCUT2D eigenvalue weighted by atomic mass is 10.1. The minimum Gasteiger partial charge on any atom is -0.354 e. The molecule has 1 N–H and O–H groups in total. The van der Waals surface area contributed by atoms with Crippen LogP contribution in [0.3, 0.4) is 0 Å². The van der Waals surface area contributed by atoms with Crippen molar-refractivity contribution in [2.24, 2.45) is 0 Å². The number of rotatable bonds is 4. The molecule has 0 aliphatic heterocycles. The summed E-state index contributed by atoms with van der Waals surface area (Å²) < 4.78 is 1.95. The van der Waals surface area contributed by atoms with Crippen LogP contribution in [-0.4, -0.2) is 17.3 Å². The molecule has 0 fully saturated rings. The van der Waals surface area contributed by atoms with Gasteiger partial charge in [0.2, 0.25) is 0 Å². The molecule has 1 heterocycles. The normalized spacial score (nSPS) is 10.8. The van der Waals surface area contributed by atoms with Gasteiger partial charge >= 0.3 is 0 Å². The summed E-state index contributed by atoms with van der Waals surface area (Å²) in [4.78, 5) is 16.5. The second-order valence-corrected chi connectivity index (χ2v) is 6.80. The number of halogens is 2. The van der Waals surface area contributed by atoms with Crippen molar-refractivity contribution in [3.63, 3.8) is 0 Å². The fourth-order valence-corrected chi connectivity index (χ4v) is 3.27. The largest absolute Gasteiger partial charge is 0.354 e. The Morgan fingerprint density at radius 2 is 2.00 bits per heavy atom. The van der Waals surface area contributed by atoms with Gasteiger partial charge in [-0.1, -0.05) is 51.0 Å². The summed E-state index contributed by atoms with van der Waals surface area (Å²) in [5, 5.41) is 4.47.